The van der Waals surface area contributed by atoms with Crippen molar-refractivity contribution in [2.24, 2.45) is 10.2 Å². The molecule has 21 heteroatoms. The van der Waals surface area contributed by atoms with Crippen molar-refractivity contribution < 1.29 is 52.0 Å². The number of nitrogens with one attached hydrogen (secondary N) is 3. The number of halogens is 1. The zero-order valence-electron chi connectivity index (χ0n) is 40.6. The molecule has 3 aliphatic heterocycles. The third-order valence-electron chi connectivity index (χ3n) is 12.7. The fraction of sp³-hybridized carbons (Fsp3) is 0.392. The summed E-state index contributed by atoms with van der Waals surface area (Å²) in [5.74, 6) is 0.619. The third kappa shape index (κ3) is 12.2. The van der Waals surface area contributed by atoms with E-state index in [1.165, 1.54) is 31.5 Å². The van der Waals surface area contributed by atoms with E-state index in [2.05, 4.69) is 45.9 Å². The van der Waals surface area contributed by atoms with Crippen LogP contribution in [0.25, 0.3) is 10.9 Å². The van der Waals surface area contributed by atoms with E-state index >= 15 is 0 Å². The van der Waals surface area contributed by atoms with Crippen molar-refractivity contribution in [2.75, 3.05) is 85.7 Å². The number of carbonyl (C=O) groups is 5. The van der Waals surface area contributed by atoms with Crippen LogP contribution in [0, 0.1) is 12.7 Å². The predicted octanol–water partition coefficient (Wildman–Crippen LogP) is 5.95. The highest BCUT2D eigenvalue weighted by Gasteiger charge is 2.40. The van der Waals surface area contributed by atoms with Gasteiger partial charge in [0, 0.05) is 99.1 Å². The largest absolute Gasteiger partial charge is 0.493 e. The van der Waals surface area contributed by atoms with Gasteiger partial charge in [0.05, 0.1) is 51.4 Å². The minimum atomic E-state index is -0.760. The lowest BCUT2D eigenvalue weighted by Gasteiger charge is -2.34. The average Bonchev–Trinajstić information content (AvgIpc) is 3.72. The van der Waals surface area contributed by atoms with Crippen molar-refractivity contribution in [2.45, 2.75) is 51.6 Å². The van der Waals surface area contributed by atoms with Crippen molar-refractivity contribution in [3.8, 4) is 28.7 Å². The fourth-order valence-corrected chi connectivity index (χ4v) is 8.81. The second kappa shape index (κ2) is 23.4. The zero-order chi connectivity index (χ0) is 50.7. The molecule has 5 aromatic rings. The molecule has 2 saturated heterocycles. The van der Waals surface area contributed by atoms with Gasteiger partial charge in [-0.2, -0.15) is 10.2 Å². The van der Waals surface area contributed by atoms with E-state index in [1.54, 1.807) is 56.5 Å². The van der Waals surface area contributed by atoms with E-state index in [-0.39, 0.29) is 72.6 Å². The van der Waals surface area contributed by atoms with Gasteiger partial charge >= 0.3 is 0 Å². The number of amides is 4. The van der Waals surface area contributed by atoms with E-state index in [9.17, 15) is 28.4 Å². The second-order valence-electron chi connectivity index (χ2n) is 17.5. The predicted molar refractivity (Wildman–Crippen MR) is 262 cm³/mol. The summed E-state index contributed by atoms with van der Waals surface area (Å²) >= 11 is 0. The number of nitrogens with zero attached hydrogens (tertiary/aromatic N) is 7. The molecule has 0 saturated carbocycles. The second-order valence-corrected chi connectivity index (χ2v) is 17.5. The molecule has 4 aromatic carbocycles. The number of benzene rings is 4. The molecule has 1 aromatic heterocycles. The summed E-state index contributed by atoms with van der Waals surface area (Å²) in [6.07, 6.45) is 3.44. The molecule has 72 heavy (non-hydrogen) atoms. The van der Waals surface area contributed by atoms with Crippen molar-refractivity contribution in [3.05, 3.63) is 89.5 Å². The minimum absolute atomic E-state index is 0.106. The number of methoxy groups -OCH3 is 3. The topological polar surface area (TPSA) is 228 Å². The molecule has 0 radical (unpaired) electrons. The molecule has 3 N–H and O–H groups in total. The number of ether oxygens (including phenoxy) is 5. The van der Waals surface area contributed by atoms with Crippen molar-refractivity contribution >= 4 is 63.2 Å². The Bertz CT molecular complexity index is 2850. The lowest BCUT2D eigenvalue weighted by molar-refractivity contribution is -0.137. The molecule has 0 spiro atoms. The van der Waals surface area contributed by atoms with Crippen LogP contribution in [0.3, 0.4) is 0 Å². The molecular weight excluding hydrogens is 932 g/mol. The first kappa shape index (κ1) is 50.6. The first-order valence-electron chi connectivity index (χ1n) is 23.7. The molecule has 20 nitrogen and oxygen atoms in total. The summed E-state index contributed by atoms with van der Waals surface area (Å²) in [4.78, 5) is 77.9. The Labute approximate surface area is 415 Å². The number of ketones is 1. The first-order valence-corrected chi connectivity index (χ1v) is 23.7. The lowest BCUT2D eigenvalue weighted by atomic mass is 10.0. The van der Waals surface area contributed by atoms with Crippen LogP contribution in [0.2, 0.25) is 0 Å². The van der Waals surface area contributed by atoms with Gasteiger partial charge in [-0.25, -0.2) is 14.4 Å². The van der Waals surface area contributed by atoms with Crippen LogP contribution in [-0.2, 0) is 25.7 Å². The summed E-state index contributed by atoms with van der Waals surface area (Å²) in [7, 11) is 4.46. The van der Waals surface area contributed by atoms with Crippen LogP contribution in [0.1, 0.15) is 53.6 Å². The van der Waals surface area contributed by atoms with Crippen LogP contribution in [0.15, 0.2) is 77.2 Å². The summed E-state index contributed by atoms with van der Waals surface area (Å²) in [5.41, 5.74) is 3.70. The van der Waals surface area contributed by atoms with Gasteiger partial charge in [0.25, 0.3) is 11.8 Å². The average molecular weight is 989 g/mol. The Morgan fingerprint density at radius 2 is 1.62 bits per heavy atom. The number of aryl methyl sites for hydroxylation is 1. The van der Waals surface area contributed by atoms with Crippen molar-refractivity contribution in [1.82, 2.24) is 35.3 Å². The van der Waals surface area contributed by atoms with Gasteiger partial charge in [-0.15, -0.1) is 0 Å². The fourth-order valence-electron chi connectivity index (χ4n) is 8.81. The Balaban J connectivity index is 0.731. The van der Waals surface area contributed by atoms with Crippen LogP contribution in [-0.4, -0.2) is 140 Å². The maximum Gasteiger partial charge on any atom is 0.257 e. The molecule has 1 unspecified atom stereocenters. The Morgan fingerprint density at radius 1 is 0.861 bits per heavy atom. The number of Topliss-reactive ketones (excluding diaryl/α,β-unsaturated/α-hetero) is 1. The standard InChI is InChI=1S/C51H57FN10O10/c1-31-22-32(11-12-38(31)52)56-49-36-25-43(42(68-2)26-40(36)54-30-55-49)71-21-7-16-60-17-19-61(20-18-60)27-34(63)8-6-15-53-47(65)29-72-48-44(69-3)23-33(24-45(48)70-4)58-59-39-10-5-9-35-37(39)28-62(51(35)67)41-13-14-46(64)57-50(41)66/h5,9-12,22-26,30,41H,6-8,13-21,27-29H2,1-4H3,(H,53,65)(H,54,55,56)(H,57,64,66). The number of azo groups is 1. The molecule has 4 heterocycles. The minimum Gasteiger partial charge on any atom is -0.493 e. The number of piperidine rings is 1. The van der Waals surface area contributed by atoms with Gasteiger partial charge in [0.1, 0.15) is 29.8 Å². The first-order chi connectivity index (χ1) is 34.9. The van der Waals surface area contributed by atoms with Gasteiger partial charge in [-0.05, 0) is 68.1 Å². The molecule has 378 valence electrons. The summed E-state index contributed by atoms with van der Waals surface area (Å²) in [6.45, 7) is 6.63. The monoisotopic (exact) mass is 988 g/mol. The molecule has 0 aliphatic carbocycles. The van der Waals surface area contributed by atoms with Gasteiger partial charge < -0.3 is 44.1 Å². The van der Waals surface area contributed by atoms with E-state index in [1.807, 2.05) is 12.1 Å². The number of anilines is 2. The normalized spacial score (nSPS) is 16.2. The number of piperazine rings is 1. The molecule has 3 aliphatic rings. The zero-order valence-corrected chi connectivity index (χ0v) is 40.6. The van der Waals surface area contributed by atoms with E-state index in [0.717, 1.165) is 44.5 Å². The Morgan fingerprint density at radius 3 is 2.36 bits per heavy atom. The number of aromatic nitrogens is 2. The van der Waals surface area contributed by atoms with Gasteiger partial charge in [-0.3, -0.25) is 34.2 Å². The van der Waals surface area contributed by atoms with Crippen LogP contribution in [0.4, 0.5) is 27.3 Å². The van der Waals surface area contributed by atoms with Gasteiger partial charge in [0.2, 0.25) is 17.6 Å². The third-order valence-corrected chi connectivity index (χ3v) is 12.7. The summed E-state index contributed by atoms with van der Waals surface area (Å²) < 4.78 is 42.6. The smallest absolute Gasteiger partial charge is 0.257 e. The van der Waals surface area contributed by atoms with Crippen molar-refractivity contribution in [3.63, 3.8) is 0 Å². The van der Waals surface area contributed by atoms with Crippen LogP contribution in [0.5, 0.6) is 28.7 Å². The number of carbonyl (C=O) groups excluding carboxylic acids is 5. The van der Waals surface area contributed by atoms with E-state index < -0.39 is 11.9 Å². The van der Waals surface area contributed by atoms with E-state index in [0.29, 0.717) is 89.1 Å². The number of fused-ring (bicyclic) bond motifs is 2. The quantitative estimate of drug-likeness (QED) is 0.0413. The highest BCUT2D eigenvalue weighted by Crippen LogP contribution is 2.42. The molecule has 8 rings (SSSR count). The molecule has 4 amide bonds. The molecule has 1 atom stereocenters. The molecule has 0 bridgehead atoms. The van der Waals surface area contributed by atoms with Crippen LogP contribution < -0.4 is 39.6 Å². The van der Waals surface area contributed by atoms with E-state index in [4.69, 9.17) is 23.7 Å². The number of hydrogen-bond donors (Lipinski definition) is 3. The molecular formula is C51H57FN10O10. The number of rotatable bonds is 22. The number of hydrogen-bond acceptors (Lipinski definition) is 17. The molecule has 2 fully saturated rings. The van der Waals surface area contributed by atoms with Crippen molar-refractivity contribution in [1.29, 1.82) is 0 Å². The Hall–Kier alpha value is -7.78. The highest BCUT2D eigenvalue weighted by atomic mass is 19.1. The Kier molecular flexibility index (Phi) is 16.5. The lowest BCUT2D eigenvalue weighted by Crippen LogP contribution is -2.52. The highest BCUT2D eigenvalue weighted by molar-refractivity contribution is 6.06. The maximum atomic E-state index is 13.9. The maximum absolute atomic E-state index is 13.9. The van der Waals surface area contributed by atoms with Gasteiger partial charge in [-0.1, -0.05) is 6.07 Å². The summed E-state index contributed by atoms with van der Waals surface area (Å²) in [6, 6.07) is 15.9. The van der Waals surface area contributed by atoms with Gasteiger partial charge in [0.15, 0.2) is 29.6 Å². The number of imide groups is 1. The SMILES string of the molecule is COc1cc2ncnc(Nc3ccc(F)c(C)c3)c2cc1OCCCN1CCN(CC(=O)CCCNC(=O)COc2c(OC)cc(N=Nc3cccc4c3CN(C3CCC(=O)NC3=O)C4=O)cc2OC)CC1. The van der Waals surface area contributed by atoms with Crippen LogP contribution >= 0.6 is 0 Å². The summed E-state index contributed by atoms with van der Waals surface area (Å²) in [5, 5.41) is 17.9.